The van der Waals surface area contributed by atoms with Gasteiger partial charge in [0.15, 0.2) is 0 Å². The van der Waals surface area contributed by atoms with E-state index >= 15 is 0 Å². The van der Waals surface area contributed by atoms with Gasteiger partial charge in [-0.05, 0) is 41.6 Å². The van der Waals surface area contributed by atoms with Crippen molar-refractivity contribution in [3.05, 3.63) is 78.9 Å². The molecule has 0 amide bonds. The van der Waals surface area contributed by atoms with Crippen molar-refractivity contribution < 1.29 is 4.52 Å². The van der Waals surface area contributed by atoms with Gasteiger partial charge in [0.1, 0.15) is 5.75 Å². The summed E-state index contributed by atoms with van der Waals surface area (Å²) in [6.07, 6.45) is -2.37. The van der Waals surface area contributed by atoms with Gasteiger partial charge in [0.25, 0.3) is 0 Å². The van der Waals surface area contributed by atoms with Crippen molar-refractivity contribution in [2.24, 2.45) is 0 Å². The first kappa shape index (κ1) is 13.6. The number of para-hydroxylation sites is 2. The average Bonchev–Trinajstić information content (AvgIpc) is 2.56. The van der Waals surface area contributed by atoms with Gasteiger partial charge in [0.05, 0.1) is 0 Å². The van der Waals surface area contributed by atoms with Crippen LogP contribution in [0.2, 0.25) is 0 Å². The third kappa shape index (κ3) is 2.23. The third-order valence-electron chi connectivity index (χ3n) is 3.68. The second-order valence-electron chi connectivity index (χ2n) is 5.13. The molecular formula is C18H14NOPS. The molecule has 3 aromatic rings. The molecule has 4 heteroatoms. The van der Waals surface area contributed by atoms with Gasteiger partial charge in [-0.2, -0.15) is 0 Å². The number of hydrogen-bond acceptors (Lipinski definition) is 2. The van der Waals surface area contributed by atoms with Gasteiger partial charge >= 0.3 is 0 Å². The van der Waals surface area contributed by atoms with Gasteiger partial charge < -0.3 is 9.61 Å². The summed E-state index contributed by atoms with van der Waals surface area (Å²) >= 11 is 5.94. The Hall–Kier alpha value is -2.09. The van der Waals surface area contributed by atoms with E-state index in [0.717, 1.165) is 27.9 Å². The van der Waals surface area contributed by atoms with Crippen LogP contribution in [0, 0.1) is 0 Å². The third-order valence-corrected chi connectivity index (χ3v) is 6.79. The van der Waals surface area contributed by atoms with Crippen molar-refractivity contribution in [1.29, 1.82) is 0 Å². The number of benzene rings is 3. The summed E-state index contributed by atoms with van der Waals surface area (Å²) < 4.78 is 6.26. The maximum absolute atomic E-state index is 6.26. The molecule has 1 heterocycles. The highest BCUT2D eigenvalue weighted by molar-refractivity contribution is 8.16. The molecule has 22 heavy (non-hydrogen) atoms. The molecule has 1 unspecified atom stereocenters. The zero-order valence-electron chi connectivity index (χ0n) is 11.8. The first-order valence-electron chi connectivity index (χ1n) is 7.08. The summed E-state index contributed by atoms with van der Waals surface area (Å²) in [4.78, 5) is 0. The largest absolute Gasteiger partial charge is 0.444 e. The van der Waals surface area contributed by atoms with Gasteiger partial charge in [0, 0.05) is 16.6 Å². The second-order valence-corrected chi connectivity index (χ2v) is 8.67. The summed E-state index contributed by atoms with van der Waals surface area (Å²) in [5.41, 5.74) is 3.25. The van der Waals surface area contributed by atoms with Crippen molar-refractivity contribution in [1.82, 2.24) is 0 Å². The van der Waals surface area contributed by atoms with E-state index in [1.807, 2.05) is 60.7 Å². The molecule has 0 aliphatic carbocycles. The predicted molar refractivity (Wildman–Crippen MR) is 96.5 cm³/mol. The number of hydrogen-bond donors (Lipinski definition) is 1. The minimum absolute atomic E-state index is 0.855. The second kappa shape index (κ2) is 5.28. The van der Waals surface area contributed by atoms with Gasteiger partial charge in [0.2, 0.25) is 6.42 Å². The lowest BCUT2D eigenvalue weighted by Crippen LogP contribution is -2.22. The van der Waals surface area contributed by atoms with Crippen LogP contribution in [0.3, 0.4) is 0 Å². The molecule has 0 saturated carbocycles. The van der Waals surface area contributed by atoms with E-state index in [1.54, 1.807) is 0 Å². The Morgan fingerprint density at radius 3 is 2.18 bits per heavy atom. The van der Waals surface area contributed by atoms with E-state index < -0.39 is 6.42 Å². The van der Waals surface area contributed by atoms with Gasteiger partial charge in [-0.15, -0.1) is 0 Å². The minimum atomic E-state index is -2.37. The smallest absolute Gasteiger partial charge is 0.232 e. The van der Waals surface area contributed by atoms with Crippen LogP contribution in [-0.2, 0) is 11.8 Å². The highest BCUT2D eigenvalue weighted by Gasteiger charge is 2.31. The zero-order chi connectivity index (χ0) is 15.0. The quantitative estimate of drug-likeness (QED) is 0.685. The standard InChI is InChI=1S/C18H14NOPS/c22-21(19-14-8-2-1-3-9-14)18-13-7-5-11-16(18)15-10-4-6-12-17(15)20-21/h1-13H,(H,19,22). The molecule has 2 nitrogen and oxygen atoms in total. The molecule has 0 radical (unpaired) electrons. The summed E-state index contributed by atoms with van der Waals surface area (Å²) in [7, 11) is 0. The van der Waals surface area contributed by atoms with Crippen molar-refractivity contribution in [3.8, 4) is 16.9 Å². The molecule has 0 bridgehead atoms. The molecule has 1 atom stereocenters. The fourth-order valence-corrected chi connectivity index (χ4v) is 5.70. The van der Waals surface area contributed by atoms with Gasteiger partial charge in [-0.3, -0.25) is 0 Å². The Bertz CT molecular complexity index is 873. The summed E-state index contributed by atoms with van der Waals surface area (Å²) in [6.45, 7) is 0. The van der Waals surface area contributed by atoms with Crippen LogP contribution < -0.4 is 14.9 Å². The first-order chi connectivity index (χ1) is 10.8. The normalized spacial score (nSPS) is 18.7. The van der Waals surface area contributed by atoms with Crippen molar-refractivity contribution in [2.45, 2.75) is 0 Å². The lowest BCUT2D eigenvalue weighted by molar-refractivity contribution is 0.623. The predicted octanol–water partition coefficient (Wildman–Crippen LogP) is 4.79. The van der Waals surface area contributed by atoms with Crippen molar-refractivity contribution in [2.75, 3.05) is 5.09 Å². The monoisotopic (exact) mass is 323 g/mol. The minimum Gasteiger partial charge on any atom is -0.444 e. The van der Waals surface area contributed by atoms with Crippen molar-refractivity contribution in [3.63, 3.8) is 0 Å². The van der Waals surface area contributed by atoms with Gasteiger partial charge in [-0.25, -0.2) is 0 Å². The SMILES string of the molecule is S=P1(Nc2ccccc2)Oc2ccccc2-c2ccccc21. The Labute approximate surface area is 134 Å². The number of fused-ring (bicyclic) bond motifs is 3. The van der Waals surface area contributed by atoms with E-state index in [0.29, 0.717) is 0 Å². The van der Waals surface area contributed by atoms with Crippen LogP contribution in [0.5, 0.6) is 5.75 Å². The molecule has 4 rings (SSSR count). The van der Waals surface area contributed by atoms with Crippen LogP contribution in [0.4, 0.5) is 5.69 Å². The van der Waals surface area contributed by atoms with Crippen LogP contribution >= 0.6 is 6.42 Å². The Morgan fingerprint density at radius 1 is 0.727 bits per heavy atom. The molecule has 1 N–H and O–H groups in total. The molecule has 0 saturated heterocycles. The molecule has 0 fully saturated rings. The summed E-state index contributed by atoms with van der Waals surface area (Å²) in [5, 5.41) is 4.53. The molecular weight excluding hydrogens is 309 g/mol. The van der Waals surface area contributed by atoms with E-state index in [9.17, 15) is 0 Å². The molecule has 3 aromatic carbocycles. The van der Waals surface area contributed by atoms with Crippen molar-refractivity contribution >= 4 is 29.2 Å². The fourth-order valence-electron chi connectivity index (χ4n) is 2.68. The Balaban J connectivity index is 1.87. The van der Waals surface area contributed by atoms with Crippen LogP contribution in [0.15, 0.2) is 78.9 Å². The lowest BCUT2D eigenvalue weighted by Gasteiger charge is -2.32. The molecule has 1 aliphatic heterocycles. The molecule has 108 valence electrons. The maximum Gasteiger partial charge on any atom is 0.232 e. The number of rotatable bonds is 2. The van der Waals surface area contributed by atoms with Gasteiger partial charge in [-0.1, -0.05) is 54.6 Å². The zero-order valence-corrected chi connectivity index (χ0v) is 13.5. The van der Waals surface area contributed by atoms with Crippen LogP contribution in [-0.4, -0.2) is 0 Å². The van der Waals surface area contributed by atoms with E-state index in [-0.39, 0.29) is 0 Å². The summed E-state index contributed by atoms with van der Waals surface area (Å²) in [6, 6.07) is 26.3. The highest BCUT2D eigenvalue weighted by atomic mass is 32.4. The number of anilines is 1. The van der Waals surface area contributed by atoms with E-state index in [4.69, 9.17) is 16.3 Å². The highest BCUT2D eigenvalue weighted by Crippen LogP contribution is 2.54. The molecule has 1 aliphatic rings. The van der Waals surface area contributed by atoms with E-state index in [2.05, 4.69) is 23.3 Å². The molecule has 0 aromatic heterocycles. The first-order valence-corrected chi connectivity index (χ1v) is 9.80. The maximum atomic E-state index is 6.26. The van der Waals surface area contributed by atoms with Crippen LogP contribution in [0.1, 0.15) is 0 Å². The van der Waals surface area contributed by atoms with E-state index in [1.165, 1.54) is 0 Å². The lowest BCUT2D eigenvalue weighted by atomic mass is 10.0. The average molecular weight is 323 g/mol. The summed E-state index contributed by atoms with van der Waals surface area (Å²) in [5.74, 6) is 0.855. The Morgan fingerprint density at radius 2 is 1.36 bits per heavy atom. The fraction of sp³-hybridized carbons (Fsp3) is 0. The Kier molecular flexibility index (Phi) is 3.25. The van der Waals surface area contributed by atoms with Crippen LogP contribution in [0.25, 0.3) is 11.1 Å². The topological polar surface area (TPSA) is 21.3 Å². The molecule has 0 spiro atoms. The number of nitrogens with one attached hydrogen (secondary N) is 1.